The van der Waals surface area contributed by atoms with Gasteiger partial charge in [-0.15, -0.1) is 11.3 Å². The first-order valence-corrected chi connectivity index (χ1v) is 7.54. The normalized spacial score (nSPS) is 11.6. The molecule has 0 aliphatic carbocycles. The van der Waals surface area contributed by atoms with Gasteiger partial charge in [0.2, 0.25) is 0 Å². The molecule has 2 aromatic rings. The van der Waals surface area contributed by atoms with Gasteiger partial charge in [-0.1, -0.05) is 12.1 Å². The molecule has 96 valence electrons. The van der Waals surface area contributed by atoms with Gasteiger partial charge in [0.05, 0.1) is 11.2 Å². The highest BCUT2D eigenvalue weighted by Gasteiger charge is 2.16. The number of aryl methyl sites for hydroxylation is 1. The zero-order valence-electron chi connectivity index (χ0n) is 9.75. The van der Waals surface area contributed by atoms with Crippen LogP contribution in [-0.4, -0.2) is 13.4 Å². The highest BCUT2D eigenvalue weighted by Crippen LogP contribution is 2.18. The zero-order chi connectivity index (χ0) is 13.2. The number of hydrogen-bond acceptors (Lipinski definition) is 5. The Balaban J connectivity index is 2.10. The highest BCUT2D eigenvalue weighted by atomic mass is 32.2. The molecule has 0 atom stereocenters. The van der Waals surface area contributed by atoms with Gasteiger partial charge in [-0.3, -0.25) is 0 Å². The van der Waals surface area contributed by atoms with E-state index in [0.717, 1.165) is 21.9 Å². The van der Waals surface area contributed by atoms with Gasteiger partial charge in [0.15, 0.2) is 4.21 Å². The zero-order valence-corrected chi connectivity index (χ0v) is 11.4. The van der Waals surface area contributed by atoms with Crippen LogP contribution >= 0.6 is 11.3 Å². The van der Waals surface area contributed by atoms with E-state index in [1.54, 1.807) is 25.1 Å². The summed E-state index contributed by atoms with van der Waals surface area (Å²) in [6.07, 6.45) is 1.36. The summed E-state index contributed by atoms with van der Waals surface area (Å²) in [7, 11) is -3.49. The maximum absolute atomic E-state index is 11.9. The van der Waals surface area contributed by atoms with Crippen molar-refractivity contribution in [3.63, 3.8) is 0 Å². The van der Waals surface area contributed by atoms with E-state index in [2.05, 4.69) is 9.71 Å². The lowest BCUT2D eigenvalue weighted by Gasteiger charge is -2.05. The molecule has 5 nitrogen and oxygen atoms in total. The van der Waals surface area contributed by atoms with Crippen molar-refractivity contribution in [3.05, 3.63) is 41.0 Å². The first-order chi connectivity index (χ1) is 8.47. The predicted molar refractivity (Wildman–Crippen MR) is 71.7 cm³/mol. The lowest BCUT2D eigenvalue weighted by molar-refractivity contribution is 0.583. The number of nitrogens with zero attached hydrogens (tertiary/aromatic N) is 1. The van der Waals surface area contributed by atoms with Gasteiger partial charge >= 0.3 is 0 Å². The quantitative estimate of drug-likeness (QED) is 0.833. The Labute approximate surface area is 110 Å². The average Bonchev–Trinajstić information content (AvgIpc) is 2.74. The topological polar surface area (TPSA) is 85.1 Å². The maximum atomic E-state index is 11.9. The standard InChI is InChI=1S/C11H13N3O2S2/c1-8-13-7-11(17-8)18(15,16)14-6-9-3-2-4-10(12)5-9/h2-5,7,14H,6,12H2,1H3. The second-order valence-electron chi connectivity index (χ2n) is 3.77. The second-order valence-corrected chi connectivity index (χ2v) is 7.00. The van der Waals surface area contributed by atoms with Crippen LogP contribution in [0.2, 0.25) is 0 Å². The van der Waals surface area contributed by atoms with E-state index in [9.17, 15) is 8.42 Å². The van der Waals surface area contributed by atoms with Crippen molar-refractivity contribution in [2.24, 2.45) is 0 Å². The first kappa shape index (κ1) is 13.0. The molecule has 3 N–H and O–H groups in total. The van der Waals surface area contributed by atoms with E-state index in [-0.39, 0.29) is 10.8 Å². The van der Waals surface area contributed by atoms with Crippen LogP contribution in [0.1, 0.15) is 10.6 Å². The third-order valence-corrected chi connectivity index (χ3v) is 5.06. The Morgan fingerprint density at radius 1 is 1.44 bits per heavy atom. The Hall–Kier alpha value is -1.44. The van der Waals surface area contributed by atoms with E-state index in [1.807, 2.05) is 6.07 Å². The minimum atomic E-state index is -3.49. The van der Waals surface area contributed by atoms with Gasteiger partial charge in [-0.2, -0.15) is 0 Å². The molecule has 0 spiro atoms. The molecule has 1 aromatic carbocycles. The third kappa shape index (κ3) is 3.06. The SMILES string of the molecule is Cc1ncc(S(=O)(=O)NCc2cccc(N)c2)s1. The number of thiazole rings is 1. The molecule has 0 saturated carbocycles. The lowest BCUT2D eigenvalue weighted by atomic mass is 10.2. The van der Waals surface area contributed by atoms with E-state index >= 15 is 0 Å². The molecule has 18 heavy (non-hydrogen) atoms. The molecule has 0 aliphatic rings. The van der Waals surface area contributed by atoms with Crippen LogP contribution in [0, 0.1) is 6.92 Å². The summed E-state index contributed by atoms with van der Waals surface area (Å²) in [4.78, 5) is 3.93. The van der Waals surface area contributed by atoms with Crippen molar-refractivity contribution in [1.82, 2.24) is 9.71 Å². The Morgan fingerprint density at radius 3 is 2.83 bits per heavy atom. The van der Waals surface area contributed by atoms with Crippen molar-refractivity contribution in [3.8, 4) is 0 Å². The predicted octanol–water partition coefficient (Wildman–Crippen LogP) is 1.51. The molecule has 7 heteroatoms. The van der Waals surface area contributed by atoms with Crippen molar-refractivity contribution in [2.75, 3.05) is 5.73 Å². The molecular weight excluding hydrogens is 270 g/mol. The number of nitrogens with one attached hydrogen (secondary N) is 1. The fraction of sp³-hybridized carbons (Fsp3) is 0.182. The van der Waals surface area contributed by atoms with E-state index in [0.29, 0.717) is 5.69 Å². The Kier molecular flexibility index (Phi) is 3.65. The molecule has 1 heterocycles. The van der Waals surface area contributed by atoms with Gasteiger partial charge in [0, 0.05) is 12.2 Å². The molecule has 0 amide bonds. The van der Waals surface area contributed by atoms with Crippen molar-refractivity contribution < 1.29 is 8.42 Å². The van der Waals surface area contributed by atoms with Crippen LogP contribution in [0.4, 0.5) is 5.69 Å². The summed E-state index contributed by atoms with van der Waals surface area (Å²) >= 11 is 1.15. The van der Waals surface area contributed by atoms with Crippen molar-refractivity contribution in [1.29, 1.82) is 0 Å². The number of sulfonamides is 1. The number of anilines is 1. The molecule has 0 fully saturated rings. The second kappa shape index (κ2) is 5.05. The van der Waals surface area contributed by atoms with E-state index in [4.69, 9.17) is 5.73 Å². The van der Waals surface area contributed by atoms with E-state index < -0.39 is 10.0 Å². The molecule has 0 saturated heterocycles. The van der Waals surface area contributed by atoms with Crippen LogP contribution in [0.5, 0.6) is 0 Å². The van der Waals surface area contributed by atoms with Gasteiger partial charge in [-0.25, -0.2) is 18.1 Å². The van der Waals surface area contributed by atoms with Gasteiger partial charge in [-0.05, 0) is 24.6 Å². The lowest BCUT2D eigenvalue weighted by Crippen LogP contribution is -2.22. The molecule has 1 aromatic heterocycles. The van der Waals surface area contributed by atoms with Crippen LogP contribution in [-0.2, 0) is 16.6 Å². The van der Waals surface area contributed by atoms with Gasteiger partial charge in [0.25, 0.3) is 10.0 Å². The number of nitrogens with two attached hydrogens (primary N) is 1. The molecular formula is C11H13N3O2S2. The Morgan fingerprint density at radius 2 is 2.22 bits per heavy atom. The monoisotopic (exact) mass is 283 g/mol. The van der Waals surface area contributed by atoms with E-state index in [1.165, 1.54) is 6.20 Å². The molecule has 0 unspecified atom stereocenters. The minimum Gasteiger partial charge on any atom is -0.399 e. The van der Waals surface area contributed by atoms with Crippen LogP contribution in [0.15, 0.2) is 34.7 Å². The summed E-state index contributed by atoms with van der Waals surface area (Å²) in [5, 5.41) is 0.722. The van der Waals surface area contributed by atoms with Gasteiger partial charge in [0.1, 0.15) is 0 Å². The first-order valence-electron chi connectivity index (χ1n) is 5.24. The summed E-state index contributed by atoms with van der Waals surface area (Å²) < 4.78 is 26.6. The fourth-order valence-electron chi connectivity index (χ4n) is 1.42. The number of rotatable bonds is 4. The Bertz CT molecular complexity index is 650. The minimum absolute atomic E-state index is 0.213. The fourth-order valence-corrected chi connectivity index (χ4v) is 3.59. The number of aromatic nitrogens is 1. The maximum Gasteiger partial charge on any atom is 0.251 e. The van der Waals surface area contributed by atoms with Crippen LogP contribution in [0.25, 0.3) is 0 Å². The summed E-state index contributed by atoms with van der Waals surface area (Å²) in [5.74, 6) is 0. The van der Waals surface area contributed by atoms with Crippen molar-refractivity contribution >= 4 is 27.0 Å². The molecule has 0 aliphatic heterocycles. The van der Waals surface area contributed by atoms with Crippen molar-refractivity contribution in [2.45, 2.75) is 17.7 Å². The molecule has 0 bridgehead atoms. The summed E-state index contributed by atoms with van der Waals surface area (Å²) in [5.41, 5.74) is 7.06. The average molecular weight is 283 g/mol. The number of nitrogen functional groups attached to an aromatic ring is 1. The van der Waals surface area contributed by atoms with Crippen LogP contribution < -0.4 is 10.5 Å². The smallest absolute Gasteiger partial charge is 0.251 e. The van der Waals surface area contributed by atoms with Gasteiger partial charge < -0.3 is 5.73 Å². The van der Waals surface area contributed by atoms with Crippen LogP contribution in [0.3, 0.4) is 0 Å². The summed E-state index contributed by atoms with van der Waals surface area (Å²) in [6.45, 7) is 1.98. The highest BCUT2D eigenvalue weighted by molar-refractivity contribution is 7.91. The molecule has 2 rings (SSSR count). The third-order valence-electron chi connectivity index (χ3n) is 2.28. The molecule has 0 radical (unpaired) electrons. The summed E-state index contributed by atoms with van der Waals surface area (Å²) in [6, 6.07) is 7.09. The largest absolute Gasteiger partial charge is 0.399 e. The number of hydrogen-bond donors (Lipinski definition) is 2. The number of benzene rings is 1.